The van der Waals surface area contributed by atoms with Crippen molar-refractivity contribution in [3.63, 3.8) is 0 Å². The number of nitrogens with one attached hydrogen (secondary N) is 1. The molecule has 0 aromatic carbocycles. The summed E-state index contributed by atoms with van der Waals surface area (Å²) in [6, 6.07) is 0. The molecule has 32 heavy (non-hydrogen) atoms. The topological polar surface area (TPSA) is 38.3 Å². The average molecular weight is 472 g/mol. The summed E-state index contributed by atoms with van der Waals surface area (Å²) < 4.78 is 5.28. The van der Waals surface area contributed by atoms with Crippen molar-refractivity contribution in [3.8, 4) is 0 Å². The summed E-state index contributed by atoms with van der Waals surface area (Å²) in [6.45, 7) is 3.58. The largest absolute Gasteiger partial charge is 0.450 e. The Morgan fingerprint density at radius 2 is 0.938 bits per heavy atom. The highest BCUT2D eigenvalue weighted by molar-refractivity contribution is 7.80. The highest BCUT2D eigenvalue weighted by atomic mass is 32.1. The maximum Gasteiger partial charge on any atom is 0.407 e. The van der Waals surface area contributed by atoms with Gasteiger partial charge >= 0.3 is 6.09 Å². The van der Waals surface area contributed by atoms with Gasteiger partial charge in [-0.15, -0.1) is 0 Å². The van der Waals surface area contributed by atoms with Crippen molar-refractivity contribution in [2.24, 2.45) is 0 Å². The Kier molecular flexibility index (Phi) is 28.3. The van der Waals surface area contributed by atoms with Crippen LogP contribution in [0.3, 0.4) is 0 Å². The number of unbranched alkanes of at least 4 members (excludes halogenated alkanes) is 21. The molecule has 0 aliphatic carbocycles. The fourth-order valence-electron chi connectivity index (χ4n) is 4.18. The molecule has 0 heterocycles. The van der Waals surface area contributed by atoms with Gasteiger partial charge in [0.25, 0.3) is 0 Å². The molecule has 0 aliphatic rings. The van der Waals surface area contributed by atoms with Gasteiger partial charge in [0.15, 0.2) is 0 Å². The second kappa shape index (κ2) is 28.7. The summed E-state index contributed by atoms with van der Waals surface area (Å²) in [4.78, 5) is 11.7. The van der Waals surface area contributed by atoms with Crippen LogP contribution in [-0.2, 0) is 4.74 Å². The van der Waals surface area contributed by atoms with Gasteiger partial charge in [-0.05, 0) is 25.0 Å². The second-order valence-electron chi connectivity index (χ2n) is 9.56. The van der Waals surface area contributed by atoms with E-state index in [4.69, 9.17) is 4.74 Å². The first-order chi connectivity index (χ1) is 15.8. The zero-order valence-corrected chi connectivity index (χ0v) is 22.5. The van der Waals surface area contributed by atoms with Crippen LogP contribution in [-0.4, -0.2) is 25.0 Å². The van der Waals surface area contributed by atoms with Crippen molar-refractivity contribution in [2.45, 2.75) is 155 Å². The van der Waals surface area contributed by atoms with Crippen molar-refractivity contribution in [2.75, 3.05) is 18.9 Å². The zero-order valence-electron chi connectivity index (χ0n) is 21.6. The Hall–Kier alpha value is -0.380. The standard InChI is InChI=1S/C28H57NO2S/c1-2-3-4-5-6-13-16-19-22-25-29-28(30)31-26-23-20-17-14-11-9-7-8-10-12-15-18-21-24-27-32/h32H,2-27H2,1H3,(H,29,30). The number of alkyl carbamates (subject to hydrolysis) is 1. The maximum atomic E-state index is 11.7. The van der Waals surface area contributed by atoms with Crippen LogP contribution < -0.4 is 5.32 Å². The van der Waals surface area contributed by atoms with Crippen molar-refractivity contribution in [1.82, 2.24) is 5.32 Å². The molecule has 0 radical (unpaired) electrons. The lowest BCUT2D eigenvalue weighted by Crippen LogP contribution is -2.25. The Balaban J connectivity index is 3.13. The fraction of sp³-hybridized carbons (Fsp3) is 0.964. The smallest absolute Gasteiger partial charge is 0.407 e. The van der Waals surface area contributed by atoms with Crippen molar-refractivity contribution in [3.05, 3.63) is 0 Å². The number of rotatable bonds is 26. The van der Waals surface area contributed by atoms with Crippen LogP contribution in [0.15, 0.2) is 0 Å². The number of carbonyl (C=O) groups is 1. The SMILES string of the molecule is CCCCCCCCCCCNC(=O)OCCCCCCCCCCCCCCCCS. The highest BCUT2D eigenvalue weighted by Crippen LogP contribution is 2.13. The minimum atomic E-state index is -0.230. The van der Waals surface area contributed by atoms with Crippen LogP contribution in [0.5, 0.6) is 0 Å². The van der Waals surface area contributed by atoms with Crippen molar-refractivity contribution in [1.29, 1.82) is 0 Å². The van der Waals surface area contributed by atoms with Gasteiger partial charge in [-0.1, -0.05) is 135 Å². The highest BCUT2D eigenvalue weighted by Gasteiger charge is 2.01. The number of amides is 1. The summed E-state index contributed by atoms with van der Waals surface area (Å²) in [5.41, 5.74) is 0. The van der Waals surface area contributed by atoms with E-state index >= 15 is 0 Å². The number of hydrogen-bond acceptors (Lipinski definition) is 3. The van der Waals surface area contributed by atoms with Gasteiger partial charge < -0.3 is 10.1 Å². The van der Waals surface area contributed by atoms with Gasteiger partial charge in [-0.25, -0.2) is 4.79 Å². The van der Waals surface area contributed by atoms with E-state index in [9.17, 15) is 4.79 Å². The lowest BCUT2D eigenvalue weighted by molar-refractivity contribution is 0.143. The molecule has 0 rings (SSSR count). The third-order valence-electron chi connectivity index (χ3n) is 6.34. The fourth-order valence-corrected chi connectivity index (χ4v) is 4.40. The normalized spacial score (nSPS) is 11.1. The van der Waals surface area contributed by atoms with Crippen LogP contribution in [0.4, 0.5) is 4.79 Å². The number of thiol groups is 1. The molecule has 192 valence electrons. The minimum Gasteiger partial charge on any atom is -0.450 e. The van der Waals surface area contributed by atoms with Crippen LogP contribution in [0.2, 0.25) is 0 Å². The van der Waals surface area contributed by atoms with Gasteiger partial charge in [0.1, 0.15) is 0 Å². The van der Waals surface area contributed by atoms with Crippen LogP contribution in [0.25, 0.3) is 0 Å². The van der Waals surface area contributed by atoms with E-state index < -0.39 is 0 Å². The summed E-state index contributed by atoms with van der Waals surface area (Å²) in [7, 11) is 0. The molecule has 0 aromatic heterocycles. The second-order valence-corrected chi connectivity index (χ2v) is 10.0. The van der Waals surface area contributed by atoms with E-state index in [1.807, 2.05) is 0 Å². The Labute approximate surface area is 207 Å². The third kappa shape index (κ3) is 27.7. The number of carbonyl (C=O) groups excluding carboxylic acids is 1. The van der Waals surface area contributed by atoms with Gasteiger partial charge in [0, 0.05) is 6.54 Å². The summed E-state index contributed by atoms with van der Waals surface area (Å²) >= 11 is 4.26. The monoisotopic (exact) mass is 471 g/mol. The van der Waals surface area contributed by atoms with E-state index in [1.54, 1.807) is 0 Å². The van der Waals surface area contributed by atoms with E-state index in [-0.39, 0.29) is 6.09 Å². The summed E-state index contributed by atoms with van der Waals surface area (Å²) in [6.07, 6.45) is 30.1. The van der Waals surface area contributed by atoms with E-state index in [1.165, 1.54) is 135 Å². The molecule has 0 fully saturated rings. The van der Waals surface area contributed by atoms with E-state index in [0.717, 1.165) is 25.1 Å². The molecular weight excluding hydrogens is 414 g/mol. The molecule has 4 heteroatoms. The van der Waals surface area contributed by atoms with Gasteiger partial charge in [-0.3, -0.25) is 0 Å². The van der Waals surface area contributed by atoms with Crippen molar-refractivity contribution < 1.29 is 9.53 Å². The van der Waals surface area contributed by atoms with Crippen LogP contribution >= 0.6 is 12.6 Å². The van der Waals surface area contributed by atoms with Gasteiger partial charge in [0.2, 0.25) is 0 Å². The molecule has 0 aliphatic heterocycles. The average Bonchev–Trinajstić information content (AvgIpc) is 2.80. The van der Waals surface area contributed by atoms with Gasteiger partial charge in [0.05, 0.1) is 6.61 Å². The molecule has 1 amide bonds. The minimum absolute atomic E-state index is 0.230. The Bertz CT molecular complexity index is 365. The first-order valence-corrected chi connectivity index (χ1v) is 15.0. The van der Waals surface area contributed by atoms with E-state index in [2.05, 4.69) is 24.9 Å². The molecule has 0 bridgehead atoms. The van der Waals surface area contributed by atoms with Crippen molar-refractivity contribution >= 4 is 18.7 Å². The van der Waals surface area contributed by atoms with Gasteiger partial charge in [-0.2, -0.15) is 12.6 Å². The third-order valence-corrected chi connectivity index (χ3v) is 6.65. The zero-order chi connectivity index (χ0) is 23.4. The molecule has 0 unspecified atom stereocenters. The van der Waals surface area contributed by atoms with E-state index in [0.29, 0.717) is 6.61 Å². The molecule has 0 aromatic rings. The molecule has 0 atom stereocenters. The quantitative estimate of drug-likeness (QED) is 0.0973. The van der Waals surface area contributed by atoms with Crippen LogP contribution in [0, 0.1) is 0 Å². The first-order valence-electron chi connectivity index (χ1n) is 14.3. The van der Waals surface area contributed by atoms with Crippen LogP contribution in [0.1, 0.15) is 155 Å². The predicted molar refractivity (Wildman–Crippen MR) is 145 cm³/mol. The maximum absolute atomic E-state index is 11.7. The molecule has 3 nitrogen and oxygen atoms in total. The lowest BCUT2D eigenvalue weighted by atomic mass is 10.0. The Morgan fingerprint density at radius 3 is 1.38 bits per heavy atom. The molecule has 0 spiro atoms. The molecular formula is C28H57NO2S. The lowest BCUT2D eigenvalue weighted by Gasteiger charge is -2.07. The first kappa shape index (κ1) is 31.6. The number of ether oxygens (including phenoxy) is 1. The number of hydrogen-bond donors (Lipinski definition) is 2. The molecule has 1 N–H and O–H groups in total. The molecule has 0 saturated heterocycles. The summed E-state index contributed by atoms with van der Waals surface area (Å²) in [5, 5.41) is 2.89. The Morgan fingerprint density at radius 1 is 0.562 bits per heavy atom. The predicted octanol–water partition coefficient (Wildman–Crippen LogP) is 9.63. The molecule has 0 saturated carbocycles. The summed E-state index contributed by atoms with van der Waals surface area (Å²) in [5.74, 6) is 1.04.